The Kier molecular flexibility index (Phi) is 5.42. The van der Waals surface area contributed by atoms with Crippen LogP contribution in [-0.2, 0) is 27.3 Å². The van der Waals surface area contributed by atoms with Gasteiger partial charge >= 0.3 is 0 Å². The third-order valence-corrected chi connectivity index (χ3v) is 4.88. The molecule has 2 amide bonds. The van der Waals surface area contributed by atoms with Gasteiger partial charge in [-0.05, 0) is 12.8 Å². The number of fused-ring (bicyclic) bond motifs is 1. The van der Waals surface area contributed by atoms with Crippen LogP contribution in [0.2, 0.25) is 0 Å². The molecule has 0 aliphatic carbocycles. The molecule has 3 heterocycles. The Morgan fingerprint density at radius 3 is 2.60 bits per heavy atom. The average molecular weight is 348 g/mol. The van der Waals surface area contributed by atoms with E-state index < -0.39 is 0 Å². The first-order chi connectivity index (χ1) is 12.0. The molecule has 1 fully saturated rings. The van der Waals surface area contributed by atoms with Crippen molar-refractivity contribution >= 4 is 11.8 Å². The second kappa shape index (κ2) is 7.56. The molecule has 7 nitrogen and oxygen atoms in total. The second-order valence-electron chi connectivity index (χ2n) is 7.31. The second-order valence-corrected chi connectivity index (χ2v) is 7.31. The zero-order valence-corrected chi connectivity index (χ0v) is 15.4. The highest BCUT2D eigenvalue weighted by molar-refractivity contribution is 5.78. The van der Waals surface area contributed by atoms with Crippen molar-refractivity contribution in [3.8, 4) is 0 Å². The number of imidazole rings is 1. The zero-order chi connectivity index (χ0) is 18.0. The van der Waals surface area contributed by atoms with Crippen LogP contribution in [0.5, 0.6) is 0 Å². The summed E-state index contributed by atoms with van der Waals surface area (Å²) >= 11 is 0. The Morgan fingerprint density at radius 2 is 1.92 bits per heavy atom. The number of carbonyl (C=O) groups is 2. The first kappa shape index (κ1) is 17.9. The molecule has 0 unspecified atom stereocenters. The maximum Gasteiger partial charge on any atom is 0.228 e. The summed E-state index contributed by atoms with van der Waals surface area (Å²) in [6.45, 7) is 10.1. The summed E-state index contributed by atoms with van der Waals surface area (Å²) in [6.07, 6.45) is 2.84. The quantitative estimate of drug-likeness (QED) is 0.821. The smallest absolute Gasteiger partial charge is 0.228 e. The van der Waals surface area contributed by atoms with Gasteiger partial charge in [0.2, 0.25) is 11.8 Å². The summed E-state index contributed by atoms with van der Waals surface area (Å²) < 4.78 is 7.38. The highest BCUT2D eigenvalue weighted by Gasteiger charge is 2.30. The van der Waals surface area contributed by atoms with Crippen LogP contribution >= 0.6 is 0 Å². The molecule has 1 aromatic heterocycles. The Bertz CT molecular complexity index is 634. The molecule has 25 heavy (non-hydrogen) atoms. The lowest BCUT2D eigenvalue weighted by Gasteiger charge is -2.34. The van der Waals surface area contributed by atoms with Crippen molar-refractivity contribution in [2.45, 2.75) is 46.2 Å². The number of amides is 2. The normalized spacial score (nSPS) is 20.7. The van der Waals surface area contributed by atoms with Crippen molar-refractivity contribution in [1.82, 2.24) is 19.4 Å². The van der Waals surface area contributed by atoms with E-state index in [2.05, 4.69) is 23.4 Å². The van der Waals surface area contributed by atoms with Gasteiger partial charge in [0, 0.05) is 38.8 Å². The molecule has 1 aromatic rings. The van der Waals surface area contributed by atoms with E-state index in [9.17, 15) is 9.59 Å². The van der Waals surface area contributed by atoms with E-state index in [0.29, 0.717) is 51.6 Å². The van der Waals surface area contributed by atoms with Crippen LogP contribution in [0.1, 0.15) is 44.8 Å². The number of hydrogen-bond acceptors (Lipinski definition) is 4. The Hall–Kier alpha value is -1.89. The standard InChI is InChI=1S/C18H28N4O3/c1-13(2)10-17(24)22-5-4-21-12-15(19-18(21)14(22)3)11-16(23)20-6-8-25-9-7-20/h12-14H,4-11H2,1-3H3/t14-/m0/s1. The van der Waals surface area contributed by atoms with Crippen molar-refractivity contribution in [3.05, 3.63) is 17.7 Å². The van der Waals surface area contributed by atoms with Crippen LogP contribution in [-0.4, -0.2) is 64.0 Å². The lowest BCUT2D eigenvalue weighted by molar-refractivity contribution is -0.135. The minimum absolute atomic E-state index is 0.0489. The molecule has 1 saturated heterocycles. The van der Waals surface area contributed by atoms with Gasteiger partial charge < -0.3 is 19.1 Å². The fourth-order valence-corrected chi connectivity index (χ4v) is 3.52. The van der Waals surface area contributed by atoms with Gasteiger partial charge in [0.25, 0.3) is 0 Å². The molecular formula is C18H28N4O3. The molecular weight excluding hydrogens is 320 g/mol. The fraction of sp³-hybridized carbons (Fsp3) is 0.722. The molecule has 0 N–H and O–H groups in total. The van der Waals surface area contributed by atoms with Crippen molar-refractivity contribution in [3.63, 3.8) is 0 Å². The van der Waals surface area contributed by atoms with E-state index in [1.807, 2.05) is 22.9 Å². The van der Waals surface area contributed by atoms with Gasteiger partial charge in [0.1, 0.15) is 5.82 Å². The molecule has 138 valence electrons. The molecule has 0 bridgehead atoms. The van der Waals surface area contributed by atoms with Crippen molar-refractivity contribution in [2.75, 3.05) is 32.8 Å². The summed E-state index contributed by atoms with van der Waals surface area (Å²) in [5, 5.41) is 0. The van der Waals surface area contributed by atoms with Gasteiger partial charge in [-0.1, -0.05) is 13.8 Å². The maximum atomic E-state index is 12.4. The largest absolute Gasteiger partial charge is 0.378 e. The molecule has 0 aromatic carbocycles. The average Bonchev–Trinajstić information content (AvgIpc) is 2.98. The maximum absolute atomic E-state index is 12.4. The van der Waals surface area contributed by atoms with E-state index in [1.165, 1.54) is 0 Å². The summed E-state index contributed by atoms with van der Waals surface area (Å²) in [5.74, 6) is 1.51. The van der Waals surface area contributed by atoms with E-state index in [-0.39, 0.29) is 17.9 Å². The first-order valence-electron chi connectivity index (χ1n) is 9.16. The van der Waals surface area contributed by atoms with E-state index in [4.69, 9.17) is 4.74 Å². The van der Waals surface area contributed by atoms with E-state index >= 15 is 0 Å². The number of hydrogen-bond donors (Lipinski definition) is 0. The Labute approximate surface area is 148 Å². The summed E-state index contributed by atoms with van der Waals surface area (Å²) in [4.78, 5) is 33.3. The van der Waals surface area contributed by atoms with Crippen LogP contribution in [0.4, 0.5) is 0 Å². The Balaban J connectivity index is 1.67. The molecule has 0 radical (unpaired) electrons. The minimum atomic E-state index is -0.0489. The summed E-state index contributed by atoms with van der Waals surface area (Å²) in [7, 11) is 0. The number of rotatable bonds is 4. The van der Waals surface area contributed by atoms with E-state index in [1.54, 1.807) is 0 Å². The van der Waals surface area contributed by atoms with Crippen molar-refractivity contribution in [2.24, 2.45) is 5.92 Å². The first-order valence-corrected chi connectivity index (χ1v) is 9.16. The lowest BCUT2D eigenvalue weighted by atomic mass is 10.1. The van der Waals surface area contributed by atoms with Gasteiger partial charge in [0.15, 0.2) is 0 Å². The van der Waals surface area contributed by atoms with Crippen LogP contribution < -0.4 is 0 Å². The van der Waals surface area contributed by atoms with Gasteiger partial charge in [-0.15, -0.1) is 0 Å². The summed E-state index contributed by atoms with van der Waals surface area (Å²) in [6, 6.07) is -0.0489. The topological polar surface area (TPSA) is 67.7 Å². The molecule has 0 spiro atoms. The number of aromatic nitrogens is 2. The predicted octanol–water partition coefficient (Wildman–Crippen LogP) is 1.23. The number of carbonyl (C=O) groups excluding carboxylic acids is 2. The van der Waals surface area contributed by atoms with Crippen molar-refractivity contribution < 1.29 is 14.3 Å². The number of ether oxygens (including phenoxy) is 1. The third kappa shape index (κ3) is 4.03. The highest BCUT2D eigenvalue weighted by atomic mass is 16.5. The van der Waals surface area contributed by atoms with Crippen molar-refractivity contribution in [1.29, 1.82) is 0 Å². The molecule has 7 heteroatoms. The SMILES string of the molecule is CC(C)CC(=O)N1CCn2cc(CC(=O)N3CCOCC3)nc2[C@@H]1C. The summed E-state index contributed by atoms with van der Waals surface area (Å²) in [5.41, 5.74) is 0.788. The predicted molar refractivity (Wildman–Crippen MR) is 92.9 cm³/mol. The number of nitrogens with zero attached hydrogens (tertiary/aromatic N) is 4. The van der Waals surface area contributed by atoms with Gasteiger partial charge in [-0.2, -0.15) is 0 Å². The Morgan fingerprint density at radius 1 is 1.20 bits per heavy atom. The molecule has 2 aliphatic heterocycles. The van der Waals surface area contributed by atoms with Gasteiger partial charge in [-0.25, -0.2) is 4.98 Å². The fourth-order valence-electron chi connectivity index (χ4n) is 3.52. The zero-order valence-electron chi connectivity index (χ0n) is 15.4. The molecule has 3 rings (SSSR count). The number of morpholine rings is 1. The van der Waals surface area contributed by atoms with Crippen LogP contribution in [0.3, 0.4) is 0 Å². The van der Waals surface area contributed by atoms with Gasteiger partial charge in [-0.3, -0.25) is 9.59 Å². The van der Waals surface area contributed by atoms with E-state index in [0.717, 1.165) is 18.1 Å². The molecule has 1 atom stereocenters. The minimum Gasteiger partial charge on any atom is -0.378 e. The lowest BCUT2D eigenvalue weighted by Crippen LogP contribution is -2.41. The molecule has 2 aliphatic rings. The van der Waals surface area contributed by atoms with Crippen LogP contribution in [0, 0.1) is 5.92 Å². The molecule has 0 saturated carbocycles. The third-order valence-electron chi connectivity index (χ3n) is 4.88. The monoisotopic (exact) mass is 348 g/mol. The van der Waals surface area contributed by atoms with Crippen LogP contribution in [0.15, 0.2) is 6.20 Å². The highest BCUT2D eigenvalue weighted by Crippen LogP contribution is 2.26. The van der Waals surface area contributed by atoms with Crippen LogP contribution in [0.25, 0.3) is 0 Å². The van der Waals surface area contributed by atoms with Gasteiger partial charge in [0.05, 0.1) is 31.4 Å².